The molecule has 1 N–H and O–H groups in total. The quantitative estimate of drug-likeness (QED) is 0.840. The van der Waals surface area contributed by atoms with Crippen molar-refractivity contribution in [3.05, 3.63) is 48.4 Å². The van der Waals surface area contributed by atoms with Gasteiger partial charge in [0, 0.05) is 11.6 Å². The lowest BCUT2D eigenvalue weighted by atomic mass is 10.1. The first-order valence-electron chi connectivity index (χ1n) is 5.33. The Morgan fingerprint density at radius 1 is 1.28 bits per heavy atom. The maximum Gasteiger partial charge on any atom is 0.328 e. The van der Waals surface area contributed by atoms with Gasteiger partial charge in [-0.15, -0.1) is 0 Å². The normalized spacial score (nSPS) is 10.7. The van der Waals surface area contributed by atoms with Crippen LogP contribution in [-0.4, -0.2) is 18.2 Å². The van der Waals surface area contributed by atoms with Crippen molar-refractivity contribution in [2.75, 3.05) is 7.11 Å². The van der Waals surface area contributed by atoms with Crippen LogP contribution in [0.2, 0.25) is 0 Å². The Morgan fingerprint density at radius 2 is 2.00 bits per heavy atom. The number of hydrogen-bond donors (Lipinski definition) is 1. The Morgan fingerprint density at radius 3 is 2.61 bits per heavy atom. The lowest BCUT2D eigenvalue weighted by molar-refractivity contribution is -0.131. The van der Waals surface area contributed by atoms with Crippen LogP contribution < -0.4 is 4.74 Å². The second kappa shape index (κ2) is 5.23. The number of ether oxygens (including phenoxy) is 1. The minimum atomic E-state index is -1.00. The van der Waals surface area contributed by atoms with Crippen molar-refractivity contribution in [1.29, 1.82) is 0 Å². The first-order chi connectivity index (χ1) is 8.69. The zero-order chi connectivity index (χ0) is 13.0. The Kier molecular flexibility index (Phi) is 3.48. The molecule has 0 radical (unpaired) electrons. The van der Waals surface area contributed by atoms with Crippen molar-refractivity contribution in [2.45, 2.75) is 0 Å². The molecule has 4 nitrogen and oxygen atoms in total. The van der Waals surface area contributed by atoms with Gasteiger partial charge in [0.15, 0.2) is 0 Å². The monoisotopic (exact) mass is 244 g/mol. The molecule has 1 aromatic carbocycles. The van der Waals surface area contributed by atoms with E-state index in [0.29, 0.717) is 5.76 Å². The summed E-state index contributed by atoms with van der Waals surface area (Å²) in [4.78, 5) is 10.4. The van der Waals surface area contributed by atoms with E-state index in [1.807, 2.05) is 24.3 Å². The van der Waals surface area contributed by atoms with Crippen molar-refractivity contribution in [3.63, 3.8) is 0 Å². The number of carboxylic acids is 1. The molecule has 0 fully saturated rings. The van der Waals surface area contributed by atoms with E-state index < -0.39 is 5.97 Å². The van der Waals surface area contributed by atoms with Gasteiger partial charge in [-0.3, -0.25) is 0 Å². The van der Waals surface area contributed by atoms with Crippen LogP contribution in [0.4, 0.5) is 0 Å². The molecular formula is C14H12O4. The lowest BCUT2D eigenvalue weighted by Gasteiger charge is -2.00. The molecule has 2 aromatic rings. The third-order valence-corrected chi connectivity index (χ3v) is 2.43. The number of carboxylic acid groups (broad SMARTS) is 1. The van der Waals surface area contributed by atoms with Crippen molar-refractivity contribution >= 4 is 12.0 Å². The van der Waals surface area contributed by atoms with Gasteiger partial charge in [0.2, 0.25) is 0 Å². The van der Waals surface area contributed by atoms with E-state index in [0.717, 1.165) is 23.0 Å². The summed E-state index contributed by atoms with van der Waals surface area (Å²) in [5.74, 6) is 0.286. The topological polar surface area (TPSA) is 59.7 Å². The molecule has 0 unspecified atom stereocenters. The summed E-state index contributed by atoms with van der Waals surface area (Å²) < 4.78 is 10.3. The fourth-order valence-corrected chi connectivity index (χ4v) is 1.53. The highest BCUT2D eigenvalue weighted by molar-refractivity contribution is 5.85. The van der Waals surface area contributed by atoms with Crippen molar-refractivity contribution in [2.24, 2.45) is 0 Å². The summed E-state index contributed by atoms with van der Waals surface area (Å²) in [5, 5.41) is 8.51. The number of benzene rings is 1. The number of aliphatic carboxylic acids is 1. The van der Waals surface area contributed by atoms with Gasteiger partial charge in [0.05, 0.1) is 13.4 Å². The Labute approximate surface area is 104 Å². The van der Waals surface area contributed by atoms with Crippen molar-refractivity contribution < 1.29 is 19.1 Å². The fraction of sp³-hybridized carbons (Fsp3) is 0.0714. The molecule has 0 bridgehead atoms. The number of furan rings is 1. The highest BCUT2D eigenvalue weighted by Crippen LogP contribution is 2.24. The number of rotatable bonds is 4. The van der Waals surface area contributed by atoms with Crippen LogP contribution in [0.25, 0.3) is 17.2 Å². The predicted molar refractivity (Wildman–Crippen MR) is 67.4 cm³/mol. The van der Waals surface area contributed by atoms with E-state index in [1.165, 1.54) is 6.08 Å². The maximum absolute atomic E-state index is 10.4. The van der Waals surface area contributed by atoms with Crippen molar-refractivity contribution in [1.82, 2.24) is 0 Å². The number of methoxy groups -OCH3 is 1. The zero-order valence-corrected chi connectivity index (χ0v) is 9.79. The first-order valence-corrected chi connectivity index (χ1v) is 5.33. The minimum Gasteiger partial charge on any atom is -0.497 e. The van der Waals surface area contributed by atoms with Gasteiger partial charge in [-0.2, -0.15) is 0 Å². The molecule has 92 valence electrons. The van der Waals surface area contributed by atoms with Crippen LogP contribution >= 0.6 is 0 Å². The van der Waals surface area contributed by atoms with Gasteiger partial charge in [-0.05, 0) is 29.8 Å². The first kappa shape index (κ1) is 12.0. The summed E-state index contributed by atoms with van der Waals surface area (Å²) in [6.45, 7) is 0. The van der Waals surface area contributed by atoms with Crippen LogP contribution in [0, 0.1) is 0 Å². The summed E-state index contributed by atoms with van der Waals surface area (Å²) in [5.41, 5.74) is 1.87. The highest BCUT2D eigenvalue weighted by Gasteiger charge is 2.03. The maximum atomic E-state index is 10.4. The van der Waals surface area contributed by atoms with Crippen molar-refractivity contribution in [3.8, 4) is 16.9 Å². The molecule has 0 aliphatic carbocycles. The summed E-state index contributed by atoms with van der Waals surface area (Å²) in [7, 11) is 1.61. The molecule has 0 amide bonds. The molecule has 0 saturated heterocycles. The number of hydrogen-bond acceptors (Lipinski definition) is 3. The van der Waals surface area contributed by atoms with Gasteiger partial charge in [0.25, 0.3) is 0 Å². The van der Waals surface area contributed by atoms with Crippen LogP contribution in [0.1, 0.15) is 5.76 Å². The van der Waals surface area contributed by atoms with E-state index in [4.69, 9.17) is 14.3 Å². The Bertz CT molecular complexity index is 564. The van der Waals surface area contributed by atoms with E-state index in [9.17, 15) is 4.79 Å². The van der Waals surface area contributed by atoms with Gasteiger partial charge in [-0.1, -0.05) is 12.1 Å². The molecular weight excluding hydrogens is 232 g/mol. The Hall–Kier alpha value is -2.49. The average Bonchev–Trinajstić information content (AvgIpc) is 2.85. The molecule has 0 aliphatic rings. The molecule has 0 atom stereocenters. The largest absolute Gasteiger partial charge is 0.497 e. The predicted octanol–water partition coefficient (Wildman–Crippen LogP) is 3.05. The molecule has 18 heavy (non-hydrogen) atoms. The third-order valence-electron chi connectivity index (χ3n) is 2.43. The van der Waals surface area contributed by atoms with Crippen LogP contribution in [0.3, 0.4) is 0 Å². The SMILES string of the molecule is COc1ccc(-c2coc(/C=C/C(=O)O)c2)cc1. The smallest absolute Gasteiger partial charge is 0.328 e. The standard InChI is InChI=1S/C14H12O4/c1-17-12-4-2-10(3-5-12)11-8-13(18-9-11)6-7-14(15)16/h2-9H,1H3,(H,15,16)/b7-6+. The minimum absolute atomic E-state index is 0.503. The van der Waals surface area contributed by atoms with Crippen LogP contribution in [-0.2, 0) is 4.79 Å². The number of carbonyl (C=O) groups is 1. The molecule has 0 spiro atoms. The van der Waals surface area contributed by atoms with E-state index >= 15 is 0 Å². The Balaban J connectivity index is 2.20. The second-order valence-corrected chi connectivity index (χ2v) is 3.64. The fourth-order valence-electron chi connectivity index (χ4n) is 1.53. The molecule has 1 aromatic heterocycles. The molecule has 4 heteroatoms. The second-order valence-electron chi connectivity index (χ2n) is 3.64. The average molecular weight is 244 g/mol. The lowest BCUT2D eigenvalue weighted by Crippen LogP contribution is -1.84. The van der Waals surface area contributed by atoms with Gasteiger partial charge >= 0.3 is 5.97 Å². The summed E-state index contributed by atoms with van der Waals surface area (Å²) in [6.07, 6.45) is 4.04. The molecule has 2 rings (SSSR count). The van der Waals surface area contributed by atoms with E-state index in [1.54, 1.807) is 19.4 Å². The van der Waals surface area contributed by atoms with Crippen LogP contribution in [0.15, 0.2) is 47.1 Å². The highest BCUT2D eigenvalue weighted by atomic mass is 16.5. The van der Waals surface area contributed by atoms with E-state index in [2.05, 4.69) is 0 Å². The molecule has 0 aliphatic heterocycles. The summed E-state index contributed by atoms with van der Waals surface area (Å²) in [6, 6.07) is 9.31. The van der Waals surface area contributed by atoms with Gasteiger partial charge < -0.3 is 14.3 Å². The van der Waals surface area contributed by atoms with Gasteiger partial charge in [-0.25, -0.2) is 4.79 Å². The van der Waals surface area contributed by atoms with Gasteiger partial charge in [0.1, 0.15) is 11.5 Å². The van der Waals surface area contributed by atoms with E-state index in [-0.39, 0.29) is 0 Å². The summed E-state index contributed by atoms with van der Waals surface area (Å²) >= 11 is 0. The molecule has 0 saturated carbocycles. The third kappa shape index (κ3) is 2.79. The molecule has 1 heterocycles. The zero-order valence-electron chi connectivity index (χ0n) is 9.79. The van der Waals surface area contributed by atoms with Crippen LogP contribution in [0.5, 0.6) is 5.75 Å².